The fraction of sp³-hybridized carbons (Fsp3) is 0.351. The Balaban J connectivity index is 1.28. The minimum atomic E-state index is -4.09. The molecule has 7 heterocycles. The number of benzene rings is 1. The number of carbonyl (C=O) groups excluding carboxylic acids is 4. The van der Waals surface area contributed by atoms with E-state index < -0.39 is 48.9 Å². The van der Waals surface area contributed by atoms with Crippen molar-refractivity contribution in [2.45, 2.75) is 59.2 Å². The molecule has 0 spiro atoms. The molecule has 1 aromatic carbocycles. The lowest BCUT2D eigenvalue weighted by Crippen LogP contribution is -2.55. The zero-order valence-electron chi connectivity index (χ0n) is 33.3. The highest BCUT2D eigenvalue weighted by Gasteiger charge is 2.51. The van der Waals surface area contributed by atoms with Crippen molar-refractivity contribution in [3.63, 3.8) is 0 Å². The van der Waals surface area contributed by atoms with Crippen molar-refractivity contribution in [1.82, 2.24) is 48.5 Å². The number of alkyl halides is 4. The minimum Gasteiger partial charge on any atom is -0.382 e. The van der Waals surface area contributed by atoms with E-state index in [9.17, 15) is 36.7 Å². The third-order valence-electron chi connectivity index (χ3n) is 10.2. The number of rotatable bonds is 8. The summed E-state index contributed by atoms with van der Waals surface area (Å²) in [6, 6.07) is 4.26. The number of morpholine rings is 1. The maximum atomic E-state index is 14.6. The molecular formula is C37H39F4N16O5+. The molecule has 25 heteroatoms. The number of imidazole rings is 2. The summed E-state index contributed by atoms with van der Waals surface area (Å²) in [7, 11) is 0. The van der Waals surface area contributed by atoms with E-state index in [0.29, 0.717) is 16.9 Å². The Hall–Kier alpha value is -7.28. The van der Waals surface area contributed by atoms with Crippen LogP contribution in [-0.2, 0) is 30.9 Å². The molecule has 7 N–H and O–H groups in total. The normalized spacial score (nSPS) is 17.1. The van der Waals surface area contributed by atoms with Crippen LogP contribution in [0.1, 0.15) is 61.4 Å². The van der Waals surface area contributed by atoms with Crippen LogP contribution in [0, 0.1) is 6.92 Å². The summed E-state index contributed by atoms with van der Waals surface area (Å²) in [5, 5.41) is 17.8. The maximum Gasteiger partial charge on any atom is 0.372 e. The SMILES string of the molecule is CCn1nc(C)c2c1C(=O)Nc1nc3cc(C(N)=O)cc(NCCN4CC(F)(F)OC(F)(F)C4)c3n1C/C=C/Cn1c(nc3cc(C(N)=O)cnc31)NC(=O)c1n(CC)nc[n+]1-2. The zero-order chi connectivity index (χ0) is 44.2. The highest BCUT2D eigenvalue weighted by atomic mass is 19.3. The number of hydrogen-bond donors (Lipinski definition) is 5. The molecule has 0 bridgehead atoms. The van der Waals surface area contributed by atoms with E-state index in [4.69, 9.17) is 16.5 Å². The second kappa shape index (κ2) is 15.6. The number of pyridine rings is 1. The number of nitrogens with one attached hydrogen (secondary N) is 3. The molecule has 21 nitrogen and oxygen atoms in total. The zero-order valence-corrected chi connectivity index (χ0v) is 33.3. The summed E-state index contributed by atoms with van der Waals surface area (Å²) in [4.78, 5) is 68.0. The number of anilines is 3. The lowest BCUT2D eigenvalue weighted by atomic mass is 10.1. The predicted octanol–water partition coefficient (Wildman–Crippen LogP) is 2.00. The van der Waals surface area contributed by atoms with Gasteiger partial charge in [-0.1, -0.05) is 12.2 Å². The quantitative estimate of drug-likeness (QED) is 0.0837. The Morgan fingerprint density at radius 1 is 0.887 bits per heavy atom. The van der Waals surface area contributed by atoms with Gasteiger partial charge >= 0.3 is 23.9 Å². The van der Waals surface area contributed by atoms with E-state index in [0.717, 1.165) is 4.90 Å². The second-order valence-corrected chi connectivity index (χ2v) is 14.4. The first-order valence-corrected chi connectivity index (χ1v) is 19.2. The molecule has 1 saturated heterocycles. The van der Waals surface area contributed by atoms with Crippen molar-refractivity contribution in [1.29, 1.82) is 0 Å². The van der Waals surface area contributed by atoms with E-state index in [-0.39, 0.29) is 96.2 Å². The Morgan fingerprint density at radius 3 is 2.19 bits per heavy atom. The molecule has 62 heavy (non-hydrogen) atoms. The number of ether oxygens (including phenoxy) is 1. The second-order valence-electron chi connectivity index (χ2n) is 14.4. The van der Waals surface area contributed by atoms with Crippen LogP contribution in [0.15, 0.2) is 42.9 Å². The van der Waals surface area contributed by atoms with Crippen molar-refractivity contribution in [2.75, 3.05) is 42.1 Å². The van der Waals surface area contributed by atoms with E-state index in [1.54, 1.807) is 42.1 Å². The number of fused-ring (bicyclic) bond motifs is 9. The van der Waals surface area contributed by atoms with Crippen LogP contribution in [-0.4, -0.2) is 111 Å². The molecule has 8 rings (SSSR count). The van der Waals surface area contributed by atoms with Crippen LogP contribution in [0.5, 0.6) is 0 Å². The lowest BCUT2D eigenvalue weighted by Gasteiger charge is -2.36. The van der Waals surface area contributed by atoms with Gasteiger partial charge in [0.05, 0.1) is 41.1 Å². The molecule has 4 amide bonds. The third kappa shape index (κ3) is 7.66. The average Bonchev–Trinajstić information content (AvgIpc) is 3.95. The lowest BCUT2D eigenvalue weighted by molar-refractivity contribution is -0.599. The van der Waals surface area contributed by atoms with Gasteiger partial charge in [0, 0.05) is 49.6 Å². The number of nitrogens with two attached hydrogens (primary N) is 2. The number of primary amides is 2. The Kier molecular flexibility index (Phi) is 10.5. The molecule has 0 saturated carbocycles. The number of amides is 4. The van der Waals surface area contributed by atoms with Crippen LogP contribution in [0.25, 0.3) is 27.9 Å². The van der Waals surface area contributed by atoms with Gasteiger partial charge in [0.25, 0.3) is 12.2 Å². The number of nitrogens with zero attached hydrogens (tertiary/aromatic N) is 11. The van der Waals surface area contributed by atoms with Crippen LogP contribution in [0.3, 0.4) is 0 Å². The molecule has 2 aliphatic rings. The summed E-state index contributed by atoms with van der Waals surface area (Å²) in [5.74, 6) is -2.83. The summed E-state index contributed by atoms with van der Waals surface area (Å²) in [6.07, 6.45) is -2.07. The number of aromatic nitrogens is 10. The average molecular weight is 864 g/mol. The van der Waals surface area contributed by atoms with Gasteiger partial charge in [0.2, 0.25) is 23.7 Å². The number of halogens is 4. The van der Waals surface area contributed by atoms with Gasteiger partial charge in [-0.25, -0.2) is 15.0 Å². The van der Waals surface area contributed by atoms with Crippen molar-refractivity contribution >= 4 is 63.4 Å². The highest BCUT2D eigenvalue weighted by molar-refractivity contribution is 6.07. The summed E-state index contributed by atoms with van der Waals surface area (Å²) in [6.45, 7) is 3.19. The largest absolute Gasteiger partial charge is 0.382 e. The molecule has 2 aliphatic heterocycles. The summed E-state index contributed by atoms with van der Waals surface area (Å²) >= 11 is 0. The van der Waals surface area contributed by atoms with Gasteiger partial charge in [-0.2, -0.15) is 27.2 Å². The van der Waals surface area contributed by atoms with Crippen LogP contribution >= 0.6 is 0 Å². The Morgan fingerprint density at radius 2 is 1.52 bits per heavy atom. The van der Waals surface area contributed by atoms with E-state index in [2.05, 4.69) is 40.9 Å². The minimum absolute atomic E-state index is 0.00316. The van der Waals surface area contributed by atoms with Crippen LogP contribution < -0.4 is 32.0 Å². The first-order valence-electron chi connectivity index (χ1n) is 19.2. The smallest absolute Gasteiger partial charge is 0.372 e. The molecule has 0 aliphatic carbocycles. The number of hydrogen-bond acceptors (Lipinski definition) is 12. The molecule has 0 atom stereocenters. The molecule has 324 valence electrons. The number of carbonyl (C=O) groups is 4. The van der Waals surface area contributed by atoms with Crippen LogP contribution in [0.2, 0.25) is 0 Å². The Bertz CT molecular complexity index is 2830. The predicted molar refractivity (Wildman–Crippen MR) is 211 cm³/mol. The maximum absolute atomic E-state index is 14.6. The van der Waals surface area contributed by atoms with E-state index in [1.807, 2.05) is 0 Å². The first kappa shape index (κ1) is 41.5. The number of allylic oxidation sites excluding steroid dienone is 2. The first-order chi connectivity index (χ1) is 29.5. The molecule has 1 fully saturated rings. The van der Waals surface area contributed by atoms with Gasteiger partial charge in [0.1, 0.15) is 12.1 Å². The van der Waals surface area contributed by atoms with E-state index in [1.165, 1.54) is 44.7 Å². The summed E-state index contributed by atoms with van der Waals surface area (Å²) < 4.78 is 67.2. The monoisotopic (exact) mass is 863 g/mol. The molecule has 0 radical (unpaired) electrons. The molecular weight excluding hydrogens is 825 g/mol. The fourth-order valence-corrected chi connectivity index (χ4v) is 7.56. The summed E-state index contributed by atoms with van der Waals surface area (Å²) in [5.41, 5.74) is 13.2. The van der Waals surface area contributed by atoms with Gasteiger partial charge in [-0.3, -0.25) is 48.7 Å². The van der Waals surface area contributed by atoms with E-state index >= 15 is 0 Å². The molecule has 0 unspecified atom stereocenters. The fourth-order valence-electron chi connectivity index (χ4n) is 7.56. The van der Waals surface area contributed by atoms with Crippen molar-refractivity contribution in [3.05, 3.63) is 71.2 Å². The van der Waals surface area contributed by atoms with Gasteiger partial charge < -0.3 is 21.4 Å². The van der Waals surface area contributed by atoms with Gasteiger partial charge in [0.15, 0.2) is 17.0 Å². The molecule has 5 aromatic heterocycles. The third-order valence-corrected chi connectivity index (χ3v) is 10.2. The van der Waals surface area contributed by atoms with Crippen LogP contribution in [0.4, 0.5) is 35.1 Å². The van der Waals surface area contributed by atoms with Gasteiger partial charge in [-0.15, -0.1) is 4.68 Å². The Labute approximate surface area is 347 Å². The van der Waals surface area contributed by atoms with Crippen molar-refractivity contribution in [2.24, 2.45) is 11.5 Å². The van der Waals surface area contributed by atoms with Crippen molar-refractivity contribution < 1.29 is 46.0 Å². The highest BCUT2D eigenvalue weighted by Crippen LogP contribution is 2.34. The van der Waals surface area contributed by atoms with Gasteiger partial charge in [-0.05, 0) is 39.0 Å². The molecule has 6 aromatic rings. The van der Waals surface area contributed by atoms with Crippen molar-refractivity contribution in [3.8, 4) is 5.69 Å². The number of aryl methyl sites for hydroxylation is 3. The topological polar surface area (TPSA) is 257 Å². The standard InChI is InChI=1S/C37H38F4N16O5/c1-4-56-27-25(19(3)51-56)55-18-46-57(5-2)33(55)32(61)50-35-48-24-14-21(29(43)59)15-45-30(24)54(35)10-7-6-9-53-26-22(44-8-11-52-16-36(38,39)62-37(40,41)17-52)12-20(28(42)58)13-23(26)47-34(53)49-31(27)60/h6-7,12-15,18,44H,4-5,8-11,16-17H2,1-3H3,(H5-,42,43,47,48,49,50,58,59,60,61)/p+1/b7-6+.